The second kappa shape index (κ2) is 2.87. The van der Waals surface area contributed by atoms with Crippen molar-refractivity contribution in [2.45, 2.75) is 0 Å². The molecule has 3 nitrogen and oxygen atoms in total. The zero-order valence-corrected chi connectivity index (χ0v) is 8.34. The van der Waals surface area contributed by atoms with Crippen LogP contribution in [0.3, 0.4) is 0 Å². The van der Waals surface area contributed by atoms with E-state index in [1.807, 2.05) is 12.1 Å². The Bertz CT molecular complexity index is 666. The Balaban J connectivity index is 2.47. The molecule has 2 aromatic heterocycles. The summed E-state index contributed by atoms with van der Waals surface area (Å²) in [5.41, 5.74) is 2.76. The second-order valence-corrected chi connectivity index (χ2v) is 3.76. The van der Waals surface area contributed by atoms with Crippen molar-refractivity contribution in [2.24, 2.45) is 0 Å². The standard InChI is InChI=1S/C11H6ClNO2/c12-6-1-2-9-8(3-6)11-10(15-9)4-7(5-14)13-11/h1-5,13H. The fourth-order valence-electron chi connectivity index (χ4n) is 1.70. The fraction of sp³-hybridized carbons (Fsp3) is 0. The van der Waals surface area contributed by atoms with Crippen LogP contribution in [-0.4, -0.2) is 11.3 Å². The third-order valence-corrected chi connectivity index (χ3v) is 2.60. The number of rotatable bonds is 1. The maximum absolute atomic E-state index is 10.6. The summed E-state index contributed by atoms with van der Waals surface area (Å²) in [5, 5.41) is 1.54. The quantitative estimate of drug-likeness (QED) is 0.638. The van der Waals surface area contributed by atoms with E-state index in [0.29, 0.717) is 16.3 Å². The van der Waals surface area contributed by atoms with E-state index in [1.165, 1.54) is 0 Å². The van der Waals surface area contributed by atoms with Crippen molar-refractivity contribution in [3.8, 4) is 0 Å². The summed E-state index contributed by atoms with van der Waals surface area (Å²) in [7, 11) is 0. The van der Waals surface area contributed by atoms with Crippen LogP contribution in [0, 0.1) is 0 Å². The number of furan rings is 1. The van der Waals surface area contributed by atoms with Crippen molar-refractivity contribution in [3.63, 3.8) is 0 Å². The molecule has 4 heteroatoms. The molecule has 0 unspecified atom stereocenters. The molecule has 0 fully saturated rings. The number of H-pyrrole nitrogens is 1. The lowest BCUT2D eigenvalue weighted by Crippen LogP contribution is -1.76. The number of aromatic amines is 1. The fourth-order valence-corrected chi connectivity index (χ4v) is 1.88. The van der Waals surface area contributed by atoms with Gasteiger partial charge in [0, 0.05) is 16.5 Å². The minimum atomic E-state index is 0.505. The Hall–Kier alpha value is -1.74. The van der Waals surface area contributed by atoms with Gasteiger partial charge in [-0.15, -0.1) is 0 Å². The molecule has 1 N–H and O–H groups in total. The predicted octanol–water partition coefficient (Wildman–Crippen LogP) is 3.38. The first-order valence-electron chi connectivity index (χ1n) is 4.44. The van der Waals surface area contributed by atoms with Crippen LogP contribution in [-0.2, 0) is 0 Å². The van der Waals surface area contributed by atoms with Crippen molar-refractivity contribution in [3.05, 3.63) is 35.0 Å². The SMILES string of the molecule is O=Cc1cc2oc3ccc(Cl)cc3c2[nH]1. The highest BCUT2D eigenvalue weighted by Crippen LogP contribution is 2.30. The molecule has 0 aliphatic heterocycles. The molecular formula is C11H6ClNO2. The number of carbonyl (C=O) groups is 1. The first-order valence-corrected chi connectivity index (χ1v) is 4.81. The molecule has 0 aliphatic rings. The first-order chi connectivity index (χ1) is 7.28. The third-order valence-electron chi connectivity index (χ3n) is 2.36. The molecule has 0 amide bonds. The summed E-state index contributed by atoms with van der Waals surface area (Å²) in [6.45, 7) is 0. The van der Waals surface area contributed by atoms with Crippen LogP contribution in [0.4, 0.5) is 0 Å². The normalized spacial score (nSPS) is 11.3. The molecule has 0 radical (unpaired) electrons. The molecule has 1 aromatic carbocycles. The predicted molar refractivity (Wildman–Crippen MR) is 58.5 cm³/mol. The minimum Gasteiger partial charge on any atom is -0.454 e. The van der Waals surface area contributed by atoms with Crippen LogP contribution >= 0.6 is 11.6 Å². The van der Waals surface area contributed by atoms with Crippen LogP contribution in [0.15, 0.2) is 28.7 Å². The van der Waals surface area contributed by atoms with E-state index in [9.17, 15) is 4.79 Å². The maximum atomic E-state index is 10.6. The second-order valence-electron chi connectivity index (χ2n) is 3.32. The van der Waals surface area contributed by atoms with Gasteiger partial charge in [0.15, 0.2) is 11.9 Å². The number of benzene rings is 1. The molecule has 3 rings (SSSR count). The highest BCUT2D eigenvalue weighted by molar-refractivity contribution is 6.31. The largest absolute Gasteiger partial charge is 0.454 e. The van der Waals surface area contributed by atoms with Gasteiger partial charge in [0.2, 0.25) is 0 Å². The average Bonchev–Trinajstić information content (AvgIpc) is 2.75. The molecule has 0 saturated heterocycles. The van der Waals surface area contributed by atoms with Gasteiger partial charge in [-0.2, -0.15) is 0 Å². The number of halogens is 1. The minimum absolute atomic E-state index is 0.505. The summed E-state index contributed by atoms with van der Waals surface area (Å²) < 4.78 is 5.54. The van der Waals surface area contributed by atoms with Crippen molar-refractivity contribution in [1.29, 1.82) is 0 Å². The highest BCUT2D eigenvalue weighted by atomic mass is 35.5. The van der Waals surface area contributed by atoms with Crippen molar-refractivity contribution in [2.75, 3.05) is 0 Å². The van der Waals surface area contributed by atoms with Crippen LogP contribution in [0.25, 0.3) is 22.1 Å². The van der Waals surface area contributed by atoms with Gasteiger partial charge in [-0.1, -0.05) is 11.6 Å². The lowest BCUT2D eigenvalue weighted by atomic mass is 10.2. The van der Waals surface area contributed by atoms with Crippen LogP contribution < -0.4 is 0 Å². The monoisotopic (exact) mass is 219 g/mol. The van der Waals surface area contributed by atoms with Crippen LogP contribution in [0.2, 0.25) is 5.02 Å². The summed E-state index contributed by atoms with van der Waals surface area (Å²) in [4.78, 5) is 13.6. The Morgan fingerprint density at radius 2 is 2.13 bits per heavy atom. The Morgan fingerprint density at radius 3 is 2.93 bits per heavy atom. The highest BCUT2D eigenvalue weighted by Gasteiger charge is 2.10. The smallest absolute Gasteiger partial charge is 0.166 e. The molecule has 2 heterocycles. The van der Waals surface area contributed by atoms with Gasteiger partial charge >= 0.3 is 0 Å². The first kappa shape index (κ1) is 8.56. The number of hydrogen-bond donors (Lipinski definition) is 1. The average molecular weight is 220 g/mol. The van der Waals surface area contributed by atoms with Gasteiger partial charge in [-0.25, -0.2) is 0 Å². The van der Waals surface area contributed by atoms with Crippen LogP contribution in [0.1, 0.15) is 10.5 Å². The summed E-state index contributed by atoms with van der Waals surface area (Å²) >= 11 is 5.89. The van der Waals surface area contributed by atoms with E-state index >= 15 is 0 Å². The Labute approximate surface area is 89.6 Å². The van der Waals surface area contributed by atoms with Gasteiger partial charge in [0.25, 0.3) is 0 Å². The van der Waals surface area contributed by atoms with Crippen molar-refractivity contribution in [1.82, 2.24) is 4.98 Å². The number of aromatic nitrogens is 1. The third kappa shape index (κ3) is 1.17. The lowest BCUT2D eigenvalue weighted by molar-refractivity contribution is 0.111. The Morgan fingerprint density at radius 1 is 1.27 bits per heavy atom. The molecule has 0 bridgehead atoms. The van der Waals surface area contributed by atoms with Crippen molar-refractivity contribution < 1.29 is 9.21 Å². The van der Waals surface area contributed by atoms with E-state index in [-0.39, 0.29) is 0 Å². The summed E-state index contributed by atoms with van der Waals surface area (Å²) in [6, 6.07) is 7.07. The van der Waals surface area contributed by atoms with E-state index in [1.54, 1.807) is 12.1 Å². The van der Waals surface area contributed by atoms with E-state index in [0.717, 1.165) is 22.8 Å². The number of carbonyl (C=O) groups excluding carboxylic acids is 1. The summed E-state index contributed by atoms with van der Waals surface area (Å²) in [5.74, 6) is 0. The van der Waals surface area contributed by atoms with E-state index in [2.05, 4.69) is 4.98 Å². The molecule has 0 saturated carbocycles. The topological polar surface area (TPSA) is 46.0 Å². The lowest BCUT2D eigenvalue weighted by Gasteiger charge is -1.89. The molecule has 0 aliphatic carbocycles. The van der Waals surface area contributed by atoms with Gasteiger partial charge in [-0.3, -0.25) is 4.79 Å². The molecular weight excluding hydrogens is 214 g/mol. The molecule has 0 atom stereocenters. The number of aldehydes is 1. The Kier molecular flexibility index (Phi) is 1.64. The zero-order valence-electron chi connectivity index (χ0n) is 7.58. The van der Waals surface area contributed by atoms with Gasteiger partial charge in [0.05, 0.1) is 11.2 Å². The molecule has 74 valence electrons. The van der Waals surface area contributed by atoms with E-state index < -0.39 is 0 Å². The van der Waals surface area contributed by atoms with Crippen LogP contribution in [0.5, 0.6) is 0 Å². The number of nitrogens with one attached hydrogen (secondary N) is 1. The number of fused-ring (bicyclic) bond motifs is 3. The molecule has 0 spiro atoms. The van der Waals surface area contributed by atoms with Crippen molar-refractivity contribution >= 4 is 40.0 Å². The maximum Gasteiger partial charge on any atom is 0.166 e. The van der Waals surface area contributed by atoms with Gasteiger partial charge in [0.1, 0.15) is 5.58 Å². The van der Waals surface area contributed by atoms with E-state index in [4.69, 9.17) is 16.0 Å². The van der Waals surface area contributed by atoms with Gasteiger partial charge < -0.3 is 9.40 Å². The molecule has 15 heavy (non-hydrogen) atoms. The van der Waals surface area contributed by atoms with Gasteiger partial charge in [-0.05, 0) is 18.2 Å². The zero-order chi connectivity index (χ0) is 10.4. The molecule has 3 aromatic rings. The summed E-state index contributed by atoms with van der Waals surface area (Å²) in [6.07, 6.45) is 0.756. The number of hydrogen-bond acceptors (Lipinski definition) is 2.